The smallest absolute Gasteiger partial charge is 0.230 e. The van der Waals surface area contributed by atoms with Gasteiger partial charge in [-0.05, 0) is 33.5 Å². The molecule has 0 bridgehead atoms. The van der Waals surface area contributed by atoms with Crippen LogP contribution in [0.2, 0.25) is 0 Å². The second-order valence-corrected chi connectivity index (χ2v) is 2.70. The maximum absolute atomic E-state index is 4.47. The van der Waals surface area contributed by atoms with E-state index in [9.17, 15) is 0 Å². The predicted octanol–water partition coefficient (Wildman–Crippen LogP) is 1.68. The fourth-order valence-electron chi connectivity index (χ4n) is 0.580. The first-order chi connectivity index (χ1) is 4.77. The van der Waals surface area contributed by atoms with Crippen molar-refractivity contribution < 1.29 is 3.17 Å². The summed E-state index contributed by atoms with van der Waals surface area (Å²) in [7, 11) is 4.12. The van der Waals surface area contributed by atoms with Crippen molar-refractivity contribution in [3.8, 4) is 0 Å². The van der Waals surface area contributed by atoms with E-state index in [1.54, 1.807) is 29.2 Å². The Morgan fingerprint density at radius 3 is 2.80 bits per heavy atom. The molecule has 3 nitrogen and oxygen atoms in total. The minimum atomic E-state index is 0.987. The van der Waals surface area contributed by atoms with Gasteiger partial charge in [0.15, 0.2) is 0 Å². The topological polar surface area (TPSA) is 24.8 Å². The van der Waals surface area contributed by atoms with Gasteiger partial charge in [0.25, 0.3) is 0 Å². The van der Waals surface area contributed by atoms with Crippen molar-refractivity contribution in [3.63, 3.8) is 0 Å². The van der Waals surface area contributed by atoms with E-state index in [1.165, 1.54) is 0 Å². The molecule has 0 fully saturated rings. The summed E-state index contributed by atoms with van der Waals surface area (Å²) in [5, 5.41) is 3.61. The van der Waals surface area contributed by atoms with Crippen molar-refractivity contribution in [1.82, 2.24) is 4.90 Å². The highest BCUT2D eigenvalue weighted by molar-refractivity contribution is 14.1. The highest BCUT2D eigenvalue weighted by Gasteiger charge is 1.87. The lowest BCUT2D eigenvalue weighted by molar-refractivity contribution is 0.403. The lowest BCUT2D eigenvalue weighted by Crippen LogP contribution is -2.12. The average Bonchev–Trinajstić information content (AvgIpc) is 1.87. The van der Waals surface area contributed by atoms with Crippen molar-refractivity contribution in [2.45, 2.75) is 12.8 Å². The summed E-state index contributed by atoms with van der Waals surface area (Å²) < 4.78 is 4.47. The third kappa shape index (κ3) is 8.16. The minimum absolute atomic E-state index is 0.987. The first-order valence-corrected chi connectivity index (χ1v) is 4.09. The second-order valence-electron chi connectivity index (χ2n) is 2.30. The number of nitrogens with zero attached hydrogens (tertiary/aromatic N) is 2. The Hall–Kier alpha value is 0.160. The van der Waals surface area contributed by atoms with Gasteiger partial charge in [-0.25, -0.2) is 0 Å². The molecule has 0 heterocycles. The molecule has 0 N–H and O–H groups in total. The van der Waals surface area contributed by atoms with Crippen LogP contribution in [0.1, 0.15) is 12.8 Å². The van der Waals surface area contributed by atoms with Gasteiger partial charge < -0.3 is 8.07 Å². The molecule has 0 saturated heterocycles. The molecule has 0 spiro atoms. The van der Waals surface area contributed by atoms with E-state index in [2.05, 4.69) is 27.3 Å². The van der Waals surface area contributed by atoms with Crippen molar-refractivity contribution >= 4 is 29.2 Å². The summed E-state index contributed by atoms with van der Waals surface area (Å²) in [4.78, 5) is 2.15. The summed E-state index contributed by atoms with van der Waals surface area (Å²) >= 11 is 1.74. The summed E-state index contributed by atoms with van der Waals surface area (Å²) in [6.07, 6.45) is 3.91. The zero-order chi connectivity index (χ0) is 7.82. The van der Waals surface area contributed by atoms with Crippen LogP contribution < -0.4 is 0 Å². The molecule has 0 aromatic heterocycles. The molecule has 0 unspecified atom stereocenters. The summed E-state index contributed by atoms with van der Waals surface area (Å²) in [6, 6.07) is 0. The normalized spacial score (nSPS) is 11.2. The number of hydrogen-bond acceptors (Lipinski definition) is 3. The lowest BCUT2D eigenvalue weighted by Gasteiger charge is -2.06. The zero-order valence-electron chi connectivity index (χ0n) is 6.38. The lowest BCUT2D eigenvalue weighted by atomic mass is 10.3. The zero-order valence-corrected chi connectivity index (χ0v) is 8.54. The molecule has 0 atom stereocenters. The van der Waals surface area contributed by atoms with Crippen LogP contribution in [0.15, 0.2) is 5.16 Å². The van der Waals surface area contributed by atoms with Gasteiger partial charge in [0.2, 0.25) is 23.0 Å². The molecule has 0 aliphatic carbocycles. The number of hydrogen-bond donors (Lipinski definition) is 0. The first-order valence-electron chi connectivity index (χ1n) is 3.21. The van der Waals surface area contributed by atoms with E-state index < -0.39 is 0 Å². The molecule has 0 aliphatic heterocycles. The predicted molar refractivity (Wildman–Crippen MR) is 51.4 cm³/mol. The molecule has 0 rings (SSSR count). The van der Waals surface area contributed by atoms with Gasteiger partial charge in [0.05, 0.1) is 0 Å². The van der Waals surface area contributed by atoms with E-state index in [4.69, 9.17) is 0 Å². The summed E-state index contributed by atoms with van der Waals surface area (Å²) in [5.74, 6) is 0. The molecule has 0 saturated carbocycles. The highest BCUT2D eigenvalue weighted by Crippen LogP contribution is 1.89. The molecule has 0 aliphatic rings. The molecule has 0 radical (unpaired) electrons. The van der Waals surface area contributed by atoms with Gasteiger partial charge in [-0.1, -0.05) is 5.16 Å². The fraction of sp³-hybridized carbons (Fsp3) is 0.833. The number of unbranched alkanes of at least 4 members (excludes halogenated alkanes) is 1. The molecular formula is C6H13IN2O. The molecular weight excluding hydrogens is 243 g/mol. The largest absolute Gasteiger partial charge is 0.327 e. The summed E-state index contributed by atoms with van der Waals surface area (Å²) in [5.41, 5.74) is 0. The van der Waals surface area contributed by atoms with Crippen LogP contribution in [0.4, 0.5) is 0 Å². The van der Waals surface area contributed by atoms with Gasteiger partial charge in [0, 0.05) is 6.21 Å². The maximum atomic E-state index is 4.47. The first kappa shape index (κ1) is 10.2. The Bertz CT molecular complexity index is 95.7. The minimum Gasteiger partial charge on any atom is -0.327 e. The number of oxime groups is 1. The quantitative estimate of drug-likeness (QED) is 0.323. The van der Waals surface area contributed by atoms with E-state index in [0.29, 0.717) is 0 Å². The summed E-state index contributed by atoms with van der Waals surface area (Å²) in [6.45, 7) is 1.10. The Balaban J connectivity index is 2.97. The standard InChI is InChI=1S/C6H13IN2O/c1-9(2)6-4-3-5-8-10-7/h5H,3-4,6H2,1-2H3/b8-5-. The monoisotopic (exact) mass is 256 g/mol. The van der Waals surface area contributed by atoms with Gasteiger partial charge in [0.1, 0.15) is 0 Å². The second kappa shape index (κ2) is 7.27. The number of halogens is 1. The molecule has 0 amide bonds. The highest BCUT2D eigenvalue weighted by atomic mass is 127. The third-order valence-electron chi connectivity index (χ3n) is 1.05. The molecule has 0 aromatic rings. The molecule has 0 aromatic carbocycles. The average molecular weight is 256 g/mol. The van der Waals surface area contributed by atoms with Gasteiger partial charge >= 0.3 is 0 Å². The van der Waals surface area contributed by atoms with E-state index in [0.717, 1.165) is 19.4 Å². The van der Waals surface area contributed by atoms with Gasteiger partial charge in [-0.15, -0.1) is 0 Å². The fourth-order valence-corrected chi connectivity index (χ4v) is 0.740. The third-order valence-corrected chi connectivity index (χ3v) is 1.28. The SMILES string of the molecule is CN(C)CCC/C=N\OI. The van der Waals surface area contributed by atoms with Crippen molar-refractivity contribution in [3.05, 3.63) is 0 Å². The van der Waals surface area contributed by atoms with E-state index in [1.807, 2.05) is 0 Å². The number of rotatable bonds is 5. The Labute approximate surface area is 76.1 Å². The maximum Gasteiger partial charge on any atom is 0.230 e. The van der Waals surface area contributed by atoms with Crippen LogP contribution >= 0.6 is 23.0 Å². The van der Waals surface area contributed by atoms with Crippen LogP contribution in [0.5, 0.6) is 0 Å². The van der Waals surface area contributed by atoms with Crippen LogP contribution in [0.3, 0.4) is 0 Å². The van der Waals surface area contributed by atoms with Crippen molar-refractivity contribution in [2.75, 3.05) is 20.6 Å². The molecule has 60 valence electrons. The molecule has 10 heavy (non-hydrogen) atoms. The molecule has 4 heteroatoms. The Morgan fingerprint density at radius 1 is 1.60 bits per heavy atom. The van der Waals surface area contributed by atoms with Crippen LogP contribution in [-0.2, 0) is 3.17 Å². The van der Waals surface area contributed by atoms with Gasteiger partial charge in [-0.3, -0.25) is 0 Å². The van der Waals surface area contributed by atoms with Gasteiger partial charge in [-0.2, -0.15) is 0 Å². The van der Waals surface area contributed by atoms with Crippen molar-refractivity contribution in [2.24, 2.45) is 5.16 Å². The van der Waals surface area contributed by atoms with Crippen LogP contribution in [0.25, 0.3) is 0 Å². The van der Waals surface area contributed by atoms with E-state index >= 15 is 0 Å². The van der Waals surface area contributed by atoms with E-state index in [-0.39, 0.29) is 0 Å². The van der Waals surface area contributed by atoms with Crippen LogP contribution in [-0.4, -0.2) is 31.8 Å². The Kier molecular flexibility index (Phi) is 7.39. The van der Waals surface area contributed by atoms with Crippen molar-refractivity contribution in [1.29, 1.82) is 0 Å². The Morgan fingerprint density at radius 2 is 2.30 bits per heavy atom. The van der Waals surface area contributed by atoms with Crippen LogP contribution in [0, 0.1) is 0 Å².